The number of rotatable bonds is 6. The van der Waals surface area contributed by atoms with Crippen molar-refractivity contribution < 1.29 is 9.53 Å². The minimum Gasteiger partial charge on any atom is -0.495 e. The van der Waals surface area contributed by atoms with Crippen molar-refractivity contribution in [1.29, 1.82) is 0 Å². The predicted molar refractivity (Wildman–Crippen MR) is 97.7 cm³/mol. The average Bonchev–Trinajstić information content (AvgIpc) is 3.04. The first-order valence-electron chi connectivity index (χ1n) is 7.92. The summed E-state index contributed by atoms with van der Waals surface area (Å²) in [7, 11) is 3.42. The highest BCUT2D eigenvalue weighted by Gasteiger charge is 2.13. The number of methoxy groups -OCH3 is 1. The monoisotopic (exact) mass is 340 g/mol. The van der Waals surface area contributed by atoms with Gasteiger partial charge in [0, 0.05) is 19.5 Å². The number of carbonyl (C=O) groups is 1. The second kappa shape index (κ2) is 7.08. The van der Waals surface area contributed by atoms with Gasteiger partial charge in [-0.2, -0.15) is 9.61 Å². The Labute approximate surface area is 145 Å². The molecule has 1 aromatic carbocycles. The molecule has 1 amide bonds. The summed E-state index contributed by atoms with van der Waals surface area (Å²) in [5.41, 5.74) is 1.90. The van der Waals surface area contributed by atoms with Crippen molar-refractivity contribution in [3.05, 3.63) is 36.5 Å². The van der Waals surface area contributed by atoms with Crippen LogP contribution in [0.5, 0.6) is 5.75 Å². The molecule has 0 aliphatic rings. The lowest BCUT2D eigenvalue weighted by Gasteiger charge is -2.12. The molecule has 0 fully saturated rings. The van der Waals surface area contributed by atoms with Crippen LogP contribution in [-0.4, -0.2) is 34.7 Å². The van der Waals surface area contributed by atoms with Gasteiger partial charge in [-0.15, -0.1) is 0 Å². The first kappa shape index (κ1) is 16.6. The molecule has 8 heteroatoms. The topological polar surface area (TPSA) is 92.6 Å². The zero-order chi connectivity index (χ0) is 17.8. The zero-order valence-electron chi connectivity index (χ0n) is 14.3. The van der Waals surface area contributed by atoms with E-state index in [1.807, 2.05) is 30.3 Å². The molecule has 0 saturated carbocycles. The number of fused-ring (bicyclic) bond motifs is 1. The molecule has 0 unspecified atom stereocenters. The van der Waals surface area contributed by atoms with E-state index in [0.717, 1.165) is 11.5 Å². The fourth-order valence-corrected chi connectivity index (χ4v) is 2.42. The number of carbonyl (C=O) groups excluding carboxylic acids is 1. The fraction of sp³-hybridized carbons (Fsp3) is 0.235. The van der Waals surface area contributed by atoms with Gasteiger partial charge in [-0.1, -0.05) is 19.1 Å². The van der Waals surface area contributed by atoms with Crippen LogP contribution in [0.1, 0.15) is 13.3 Å². The smallest absolute Gasteiger partial charge is 0.224 e. The molecule has 3 rings (SSSR count). The minimum atomic E-state index is -0.0919. The summed E-state index contributed by atoms with van der Waals surface area (Å²) in [5.74, 6) is 1.96. The number of hydrogen-bond donors (Lipinski definition) is 3. The zero-order valence-corrected chi connectivity index (χ0v) is 14.3. The maximum atomic E-state index is 11.7. The van der Waals surface area contributed by atoms with Gasteiger partial charge < -0.3 is 20.7 Å². The van der Waals surface area contributed by atoms with Crippen molar-refractivity contribution >= 4 is 34.6 Å². The molecule has 0 saturated heterocycles. The largest absolute Gasteiger partial charge is 0.495 e. The highest BCUT2D eigenvalue weighted by molar-refractivity contribution is 5.94. The highest BCUT2D eigenvalue weighted by Crippen LogP contribution is 2.28. The van der Waals surface area contributed by atoms with Crippen LogP contribution in [0.3, 0.4) is 0 Å². The second-order valence-electron chi connectivity index (χ2n) is 5.30. The lowest BCUT2D eigenvalue weighted by atomic mass is 10.3. The predicted octanol–water partition coefficient (Wildman–Crippen LogP) is 2.87. The number of para-hydroxylation sites is 2. The molecule has 2 heterocycles. The second-order valence-corrected chi connectivity index (χ2v) is 5.30. The Kier molecular flexibility index (Phi) is 4.69. The Morgan fingerprint density at radius 2 is 2.08 bits per heavy atom. The van der Waals surface area contributed by atoms with Gasteiger partial charge in [-0.25, -0.2) is 4.98 Å². The molecule has 0 spiro atoms. The average molecular weight is 340 g/mol. The minimum absolute atomic E-state index is 0.0919. The van der Waals surface area contributed by atoms with Gasteiger partial charge in [0.05, 0.1) is 19.0 Å². The molecule has 3 aromatic rings. The van der Waals surface area contributed by atoms with E-state index in [1.54, 1.807) is 31.8 Å². The van der Waals surface area contributed by atoms with Crippen LogP contribution in [0.4, 0.5) is 23.0 Å². The molecule has 3 N–H and O–H groups in total. The molecule has 0 bridgehead atoms. The third kappa shape index (κ3) is 3.32. The van der Waals surface area contributed by atoms with E-state index in [-0.39, 0.29) is 5.91 Å². The van der Waals surface area contributed by atoms with Crippen LogP contribution in [0.2, 0.25) is 0 Å². The summed E-state index contributed by atoms with van der Waals surface area (Å²) in [4.78, 5) is 16.3. The fourth-order valence-electron chi connectivity index (χ4n) is 2.42. The summed E-state index contributed by atoms with van der Waals surface area (Å²) in [5, 5.41) is 13.4. The Bertz CT molecular complexity index is 905. The Morgan fingerprint density at radius 1 is 1.28 bits per heavy atom. The first-order valence-corrected chi connectivity index (χ1v) is 7.92. The normalized spacial score (nSPS) is 10.5. The third-order valence-electron chi connectivity index (χ3n) is 3.69. The quantitative estimate of drug-likeness (QED) is 0.639. The molecule has 0 aliphatic heterocycles. The van der Waals surface area contributed by atoms with Crippen LogP contribution in [0.25, 0.3) is 5.65 Å². The Hall–Kier alpha value is -3.29. The van der Waals surface area contributed by atoms with Crippen molar-refractivity contribution in [1.82, 2.24) is 14.6 Å². The van der Waals surface area contributed by atoms with Gasteiger partial charge >= 0.3 is 0 Å². The summed E-state index contributed by atoms with van der Waals surface area (Å²) < 4.78 is 6.99. The summed E-state index contributed by atoms with van der Waals surface area (Å²) in [6.07, 6.45) is 1.97. The maximum absolute atomic E-state index is 11.7. The Morgan fingerprint density at radius 3 is 2.80 bits per heavy atom. The first-order chi connectivity index (χ1) is 12.2. The van der Waals surface area contributed by atoms with Crippen LogP contribution in [0.15, 0.2) is 36.5 Å². The van der Waals surface area contributed by atoms with Crippen LogP contribution < -0.4 is 20.7 Å². The number of nitrogens with one attached hydrogen (secondary N) is 3. The van der Waals surface area contributed by atoms with Gasteiger partial charge in [0.15, 0.2) is 5.65 Å². The highest BCUT2D eigenvalue weighted by atomic mass is 16.5. The standard InChI is InChI=1S/C17H20N6O2/c1-4-16(24)21-12-10-19-23-15(18-2)9-14(22-17(12)23)20-11-7-5-6-8-13(11)25-3/h5-10,18H,4H2,1-3H3,(H,20,22)(H,21,24). The molecule has 0 aliphatic carbocycles. The molecule has 25 heavy (non-hydrogen) atoms. The molecule has 2 aromatic heterocycles. The van der Waals surface area contributed by atoms with E-state index in [1.165, 1.54) is 0 Å². The van der Waals surface area contributed by atoms with Crippen molar-refractivity contribution in [3.8, 4) is 5.75 Å². The van der Waals surface area contributed by atoms with E-state index in [9.17, 15) is 4.79 Å². The molecule has 8 nitrogen and oxygen atoms in total. The molecular formula is C17H20N6O2. The van der Waals surface area contributed by atoms with Gasteiger partial charge in [0.2, 0.25) is 5.91 Å². The van der Waals surface area contributed by atoms with E-state index in [4.69, 9.17) is 4.74 Å². The van der Waals surface area contributed by atoms with Gasteiger partial charge in [0.25, 0.3) is 0 Å². The number of aromatic nitrogens is 3. The van der Waals surface area contributed by atoms with Crippen molar-refractivity contribution in [3.63, 3.8) is 0 Å². The van der Waals surface area contributed by atoms with Gasteiger partial charge in [-0.3, -0.25) is 4.79 Å². The summed E-state index contributed by atoms with van der Waals surface area (Å²) in [6.45, 7) is 1.79. The third-order valence-corrected chi connectivity index (χ3v) is 3.69. The SMILES string of the molecule is CCC(=O)Nc1cnn2c(NC)cc(Nc3ccccc3OC)nc12. The summed E-state index contributed by atoms with van der Waals surface area (Å²) >= 11 is 0. The number of benzene rings is 1. The van der Waals surface area contributed by atoms with Gasteiger partial charge in [-0.05, 0) is 12.1 Å². The van der Waals surface area contributed by atoms with E-state index < -0.39 is 0 Å². The van der Waals surface area contributed by atoms with E-state index in [2.05, 4.69) is 26.0 Å². The molecule has 0 radical (unpaired) electrons. The number of anilines is 4. The number of amides is 1. The Balaban J connectivity index is 2.03. The maximum Gasteiger partial charge on any atom is 0.224 e. The lowest BCUT2D eigenvalue weighted by Crippen LogP contribution is -2.10. The van der Waals surface area contributed by atoms with Crippen molar-refractivity contribution in [2.24, 2.45) is 0 Å². The van der Waals surface area contributed by atoms with Crippen molar-refractivity contribution in [2.45, 2.75) is 13.3 Å². The van der Waals surface area contributed by atoms with Crippen LogP contribution in [0, 0.1) is 0 Å². The molecule has 130 valence electrons. The van der Waals surface area contributed by atoms with E-state index >= 15 is 0 Å². The van der Waals surface area contributed by atoms with Crippen LogP contribution >= 0.6 is 0 Å². The number of hydrogen-bond acceptors (Lipinski definition) is 6. The van der Waals surface area contributed by atoms with Crippen molar-refractivity contribution in [2.75, 3.05) is 30.1 Å². The molecule has 0 atom stereocenters. The van der Waals surface area contributed by atoms with Gasteiger partial charge in [0.1, 0.15) is 23.1 Å². The van der Waals surface area contributed by atoms with E-state index in [0.29, 0.717) is 29.3 Å². The van der Waals surface area contributed by atoms with Crippen LogP contribution in [-0.2, 0) is 4.79 Å². The number of ether oxygens (including phenoxy) is 1. The number of nitrogens with zero attached hydrogens (tertiary/aromatic N) is 3. The lowest BCUT2D eigenvalue weighted by molar-refractivity contribution is -0.115. The summed E-state index contributed by atoms with van der Waals surface area (Å²) in [6, 6.07) is 9.41. The molecular weight excluding hydrogens is 320 g/mol.